The Labute approximate surface area is 205 Å². The van der Waals surface area contributed by atoms with Crippen LogP contribution in [0.25, 0.3) is 0 Å². The molecule has 2 heterocycles. The number of nitrogens with zero attached hydrogens (tertiary/aromatic N) is 3. The second-order valence-corrected chi connectivity index (χ2v) is 8.26. The molecular formula is C23H40IN5O2. The molecule has 2 aliphatic rings. The third kappa shape index (κ3) is 7.39. The Morgan fingerprint density at radius 3 is 2.32 bits per heavy atom. The minimum Gasteiger partial charge on any atom is -0.493 e. The van der Waals surface area contributed by atoms with Gasteiger partial charge in [0.1, 0.15) is 0 Å². The number of ether oxygens (including phenoxy) is 2. The van der Waals surface area contributed by atoms with Crippen molar-refractivity contribution < 1.29 is 9.47 Å². The fourth-order valence-electron chi connectivity index (χ4n) is 4.47. The van der Waals surface area contributed by atoms with Crippen LogP contribution in [0.4, 0.5) is 0 Å². The van der Waals surface area contributed by atoms with Crippen LogP contribution in [0, 0.1) is 0 Å². The van der Waals surface area contributed by atoms with Gasteiger partial charge in [-0.25, -0.2) is 0 Å². The number of benzene rings is 1. The lowest BCUT2D eigenvalue weighted by molar-refractivity contribution is 0.206. The van der Waals surface area contributed by atoms with Crippen molar-refractivity contribution >= 4 is 29.9 Å². The molecule has 31 heavy (non-hydrogen) atoms. The molecule has 0 aliphatic carbocycles. The van der Waals surface area contributed by atoms with Crippen molar-refractivity contribution in [2.75, 3.05) is 60.5 Å². The van der Waals surface area contributed by atoms with Crippen molar-refractivity contribution in [2.24, 2.45) is 4.99 Å². The van der Waals surface area contributed by atoms with Gasteiger partial charge in [-0.3, -0.25) is 9.89 Å². The predicted octanol–water partition coefficient (Wildman–Crippen LogP) is 2.72. The highest BCUT2D eigenvalue weighted by Gasteiger charge is 2.21. The van der Waals surface area contributed by atoms with Gasteiger partial charge >= 0.3 is 0 Å². The van der Waals surface area contributed by atoms with Crippen LogP contribution in [0.5, 0.6) is 11.5 Å². The number of fused-ring (bicyclic) bond motifs is 1. The van der Waals surface area contributed by atoms with E-state index < -0.39 is 0 Å². The number of rotatable bonds is 8. The first-order chi connectivity index (χ1) is 14.7. The maximum Gasteiger partial charge on any atom is 0.191 e. The van der Waals surface area contributed by atoms with E-state index >= 15 is 0 Å². The third-order valence-electron chi connectivity index (χ3n) is 6.21. The van der Waals surface area contributed by atoms with Gasteiger partial charge in [0.15, 0.2) is 17.5 Å². The molecule has 1 saturated heterocycles. The van der Waals surface area contributed by atoms with Gasteiger partial charge in [-0.15, -0.1) is 24.0 Å². The summed E-state index contributed by atoms with van der Waals surface area (Å²) in [4.78, 5) is 9.48. The van der Waals surface area contributed by atoms with Gasteiger partial charge in [-0.1, -0.05) is 6.92 Å². The molecular weight excluding hydrogens is 505 g/mol. The first-order valence-corrected chi connectivity index (χ1v) is 11.3. The van der Waals surface area contributed by atoms with Crippen molar-refractivity contribution in [3.8, 4) is 11.5 Å². The van der Waals surface area contributed by atoms with Gasteiger partial charge in [0.05, 0.1) is 14.2 Å². The lowest BCUT2D eigenvalue weighted by Gasteiger charge is -2.33. The van der Waals surface area contributed by atoms with E-state index in [1.165, 1.54) is 50.0 Å². The number of halogens is 1. The van der Waals surface area contributed by atoms with Gasteiger partial charge in [0, 0.05) is 52.4 Å². The molecule has 0 amide bonds. The number of aliphatic imine (C=N–C) groups is 1. The van der Waals surface area contributed by atoms with E-state index in [1.54, 1.807) is 14.2 Å². The zero-order valence-corrected chi connectivity index (χ0v) is 21.9. The SMILES string of the molecule is CCCN1CCC(NC(=NC)NCCN2CCc3cc(OC)c(OC)cc3C2)CC1.I. The molecule has 2 aliphatic heterocycles. The fourth-order valence-corrected chi connectivity index (χ4v) is 4.47. The molecule has 0 aromatic heterocycles. The van der Waals surface area contributed by atoms with Gasteiger partial charge in [-0.05, 0) is 55.5 Å². The molecule has 0 atom stereocenters. The average molecular weight is 546 g/mol. The summed E-state index contributed by atoms with van der Waals surface area (Å²) in [5.74, 6) is 2.56. The Bertz CT molecular complexity index is 707. The van der Waals surface area contributed by atoms with E-state index in [4.69, 9.17) is 9.47 Å². The molecule has 176 valence electrons. The third-order valence-corrected chi connectivity index (χ3v) is 6.21. The summed E-state index contributed by atoms with van der Waals surface area (Å²) < 4.78 is 10.9. The summed E-state index contributed by atoms with van der Waals surface area (Å²) in [5.41, 5.74) is 2.70. The largest absolute Gasteiger partial charge is 0.493 e. The van der Waals surface area contributed by atoms with Crippen LogP contribution >= 0.6 is 24.0 Å². The van der Waals surface area contributed by atoms with E-state index in [0.29, 0.717) is 6.04 Å². The van der Waals surface area contributed by atoms with Crippen molar-refractivity contribution in [1.82, 2.24) is 20.4 Å². The van der Waals surface area contributed by atoms with E-state index in [9.17, 15) is 0 Å². The highest BCUT2D eigenvalue weighted by molar-refractivity contribution is 14.0. The molecule has 1 aromatic carbocycles. The minimum absolute atomic E-state index is 0. The number of nitrogens with one attached hydrogen (secondary N) is 2. The number of methoxy groups -OCH3 is 2. The molecule has 0 saturated carbocycles. The van der Waals surface area contributed by atoms with Gasteiger partial charge in [0.25, 0.3) is 0 Å². The average Bonchev–Trinajstić information content (AvgIpc) is 2.78. The Balaban J connectivity index is 0.00000341. The summed E-state index contributed by atoms with van der Waals surface area (Å²) in [5, 5.41) is 7.12. The number of piperidine rings is 1. The van der Waals surface area contributed by atoms with Crippen molar-refractivity contribution in [1.29, 1.82) is 0 Å². The lowest BCUT2D eigenvalue weighted by atomic mass is 9.99. The Hall–Kier alpha value is -1.26. The van der Waals surface area contributed by atoms with Crippen LogP contribution in [0.2, 0.25) is 0 Å². The number of hydrogen-bond acceptors (Lipinski definition) is 5. The topological polar surface area (TPSA) is 61.4 Å². The first-order valence-electron chi connectivity index (χ1n) is 11.3. The summed E-state index contributed by atoms with van der Waals surface area (Å²) in [7, 11) is 5.25. The highest BCUT2D eigenvalue weighted by atomic mass is 127. The van der Waals surface area contributed by atoms with E-state index in [-0.39, 0.29) is 24.0 Å². The van der Waals surface area contributed by atoms with Crippen LogP contribution in [-0.4, -0.2) is 82.3 Å². The highest BCUT2D eigenvalue weighted by Crippen LogP contribution is 2.33. The maximum atomic E-state index is 5.47. The number of guanidine groups is 1. The monoisotopic (exact) mass is 545 g/mol. The first kappa shape index (κ1) is 26.0. The van der Waals surface area contributed by atoms with Gasteiger partial charge in [0.2, 0.25) is 0 Å². The molecule has 1 aromatic rings. The fraction of sp³-hybridized carbons (Fsp3) is 0.696. The molecule has 0 bridgehead atoms. The molecule has 0 spiro atoms. The summed E-state index contributed by atoms with van der Waals surface area (Å²) in [6, 6.07) is 4.77. The van der Waals surface area contributed by atoms with Gasteiger partial charge < -0.3 is 25.0 Å². The van der Waals surface area contributed by atoms with Crippen molar-refractivity contribution in [3.63, 3.8) is 0 Å². The minimum atomic E-state index is 0. The summed E-state index contributed by atoms with van der Waals surface area (Å²) in [6.45, 7) is 9.72. The van der Waals surface area contributed by atoms with E-state index in [0.717, 1.165) is 50.1 Å². The standard InChI is InChI=1S/C23H39N5O2.HI/c1-5-10-27-12-7-20(8-13-27)26-23(24-2)25-9-14-28-11-6-18-15-21(29-3)22(30-4)16-19(18)17-28;/h15-16,20H,5-14,17H2,1-4H3,(H2,24,25,26);1H. The second kappa shape index (κ2) is 13.3. The zero-order valence-electron chi connectivity index (χ0n) is 19.6. The molecule has 0 unspecified atom stereocenters. The van der Waals surface area contributed by atoms with Crippen LogP contribution in [0.15, 0.2) is 17.1 Å². The Kier molecular flexibility index (Phi) is 11.2. The quantitative estimate of drug-likeness (QED) is 0.298. The lowest BCUT2D eigenvalue weighted by Crippen LogP contribution is -2.50. The Morgan fingerprint density at radius 1 is 1.03 bits per heavy atom. The molecule has 8 heteroatoms. The number of hydrogen-bond donors (Lipinski definition) is 2. The molecule has 0 radical (unpaired) electrons. The second-order valence-electron chi connectivity index (χ2n) is 8.26. The van der Waals surface area contributed by atoms with Crippen molar-refractivity contribution in [3.05, 3.63) is 23.3 Å². The molecule has 1 fully saturated rings. The summed E-state index contributed by atoms with van der Waals surface area (Å²) >= 11 is 0. The van der Waals surface area contributed by atoms with Crippen LogP contribution < -0.4 is 20.1 Å². The molecule has 7 nitrogen and oxygen atoms in total. The predicted molar refractivity (Wildman–Crippen MR) is 138 cm³/mol. The summed E-state index contributed by atoms with van der Waals surface area (Å²) in [6.07, 6.45) is 4.66. The smallest absolute Gasteiger partial charge is 0.191 e. The van der Waals surface area contributed by atoms with Gasteiger partial charge in [-0.2, -0.15) is 0 Å². The maximum absolute atomic E-state index is 5.47. The molecule has 2 N–H and O–H groups in total. The van der Waals surface area contributed by atoms with E-state index in [2.05, 4.69) is 44.5 Å². The zero-order chi connectivity index (χ0) is 21.3. The molecule has 3 rings (SSSR count). The van der Waals surface area contributed by atoms with Crippen LogP contribution in [-0.2, 0) is 13.0 Å². The Morgan fingerprint density at radius 2 is 1.71 bits per heavy atom. The van der Waals surface area contributed by atoms with Crippen LogP contribution in [0.1, 0.15) is 37.3 Å². The number of likely N-dealkylation sites (tertiary alicyclic amines) is 1. The van der Waals surface area contributed by atoms with Crippen LogP contribution in [0.3, 0.4) is 0 Å². The normalized spacial score (nSPS) is 18.1. The van der Waals surface area contributed by atoms with Crippen molar-refractivity contribution in [2.45, 2.75) is 45.2 Å². The van der Waals surface area contributed by atoms with E-state index in [1.807, 2.05) is 7.05 Å².